The van der Waals surface area contributed by atoms with Crippen molar-refractivity contribution in [2.24, 2.45) is 0 Å². The summed E-state index contributed by atoms with van der Waals surface area (Å²) in [6.45, 7) is 0.788. The first-order valence-electron chi connectivity index (χ1n) is 9.68. The number of phenols is 1. The van der Waals surface area contributed by atoms with Gasteiger partial charge in [0, 0.05) is 40.9 Å². The van der Waals surface area contributed by atoms with Gasteiger partial charge in [-0.2, -0.15) is 0 Å². The van der Waals surface area contributed by atoms with E-state index >= 15 is 0 Å². The number of nitrogens with one attached hydrogen (secondary N) is 1. The summed E-state index contributed by atoms with van der Waals surface area (Å²) >= 11 is 7.30. The fourth-order valence-corrected chi connectivity index (χ4v) is 5.30. The predicted molar refractivity (Wildman–Crippen MR) is 121 cm³/mol. The van der Waals surface area contributed by atoms with E-state index in [0.29, 0.717) is 23.7 Å². The topological polar surface area (TPSA) is 103 Å². The van der Waals surface area contributed by atoms with Crippen molar-refractivity contribution >= 4 is 51.8 Å². The minimum absolute atomic E-state index is 0.0822. The smallest absolute Gasteiger partial charge is 0.305 e. The predicted octanol–water partition coefficient (Wildman–Crippen LogP) is 4.12. The molecule has 1 saturated heterocycles. The molecule has 160 valence electrons. The molecular formula is C22H20ClN3O4S. The number of hydrogen-bond donors (Lipinski definition) is 3. The molecule has 0 saturated carbocycles. The number of anilines is 1. The molecule has 9 heteroatoms. The van der Waals surface area contributed by atoms with Gasteiger partial charge in [0.2, 0.25) is 5.91 Å². The number of amides is 1. The molecule has 0 radical (unpaired) electrons. The normalized spacial score (nSPS) is 18.5. The number of para-hydroxylation sites is 1. The maximum atomic E-state index is 12.9. The molecule has 0 bridgehead atoms. The number of carbonyl (C=O) groups excluding carboxylic acids is 1. The number of aromatic nitrogens is 1. The van der Waals surface area contributed by atoms with Crippen LogP contribution in [0.2, 0.25) is 5.02 Å². The Morgan fingerprint density at radius 2 is 2.03 bits per heavy atom. The number of carboxylic acid groups (broad SMARTS) is 1. The van der Waals surface area contributed by atoms with Crippen LogP contribution in [0.25, 0.3) is 10.9 Å². The molecule has 2 aromatic carbocycles. The van der Waals surface area contributed by atoms with Gasteiger partial charge in [-0.05, 0) is 30.3 Å². The first-order valence-corrected chi connectivity index (χ1v) is 11.0. The lowest BCUT2D eigenvalue weighted by Gasteiger charge is -2.25. The number of halogens is 1. The van der Waals surface area contributed by atoms with Crippen molar-refractivity contribution < 1.29 is 19.8 Å². The lowest BCUT2D eigenvalue weighted by Crippen LogP contribution is -2.35. The summed E-state index contributed by atoms with van der Waals surface area (Å²) in [6.07, 6.45) is 1.43. The molecule has 1 amide bonds. The van der Waals surface area contributed by atoms with E-state index in [0.717, 1.165) is 16.6 Å². The van der Waals surface area contributed by atoms with Gasteiger partial charge in [-0.25, -0.2) is 0 Å². The third-order valence-corrected chi connectivity index (χ3v) is 6.77. The van der Waals surface area contributed by atoms with E-state index < -0.39 is 16.6 Å². The summed E-state index contributed by atoms with van der Waals surface area (Å²) in [7, 11) is 0. The summed E-state index contributed by atoms with van der Waals surface area (Å²) in [5.74, 6) is -1.18. The van der Waals surface area contributed by atoms with E-state index in [2.05, 4.69) is 10.3 Å². The highest BCUT2D eigenvalue weighted by Crippen LogP contribution is 2.46. The molecule has 4 rings (SSSR count). The molecule has 0 aliphatic carbocycles. The molecule has 0 spiro atoms. The molecule has 2 atom stereocenters. The lowest BCUT2D eigenvalue weighted by molar-refractivity contribution is -0.140. The Labute approximate surface area is 188 Å². The van der Waals surface area contributed by atoms with E-state index in [9.17, 15) is 19.8 Å². The average Bonchev–Trinajstić information content (AvgIpc) is 3.03. The van der Waals surface area contributed by atoms with Crippen LogP contribution in [0.4, 0.5) is 5.69 Å². The average molecular weight is 458 g/mol. The zero-order valence-electron chi connectivity index (χ0n) is 16.4. The minimum Gasteiger partial charge on any atom is -0.508 e. The summed E-state index contributed by atoms with van der Waals surface area (Å²) in [5.41, 5.74) is 2.22. The number of benzene rings is 2. The van der Waals surface area contributed by atoms with Gasteiger partial charge in [-0.3, -0.25) is 14.6 Å². The van der Waals surface area contributed by atoms with Crippen molar-refractivity contribution in [3.8, 4) is 5.75 Å². The quantitative estimate of drug-likeness (QED) is 0.490. The van der Waals surface area contributed by atoms with Crippen LogP contribution in [0.3, 0.4) is 0 Å². The number of hydrogen-bond acceptors (Lipinski definition) is 6. The number of pyridine rings is 1. The Morgan fingerprint density at radius 1 is 1.23 bits per heavy atom. The maximum absolute atomic E-state index is 12.9. The second-order valence-corrected chi connectivity index (χ2v) is 8.84. The molecular weight excluding hydrogens is 438 g/mol. The standard InChI is InChI=1S/C22H20ClN3O4S/c23-13-5-6-14-16(7-8-24-17(14)11-13)25-9-10-26-21(30)19(12-20(28)29)31-22(26)15-3-1-2-4-18(15)27/h1-8,11,19,22,27H,9-10,12H2,(H,24,25)(H,28,29). The fraction of sp³-hybridized carbons (Fsp3) is 0.227. The van der Waals surface area contributed by atoms with E-state index in [1.807, 2.05) is 12.1 Å². The second-order valence-electron chi connectivity index (χ2n) is 7.11. The summed E-state index contributed by atoms with van der Waals surface area (Å²) in [4.78, 5) is 30.1. The van der Waals surface area contributed by atoms with Crippen LogP contribution in [-0.2, 0) is 9.59 Å². The van der Waals surface area contributed by atoms with Gasteiger partial charge in [-0.15, -0.1) is 11.8 Å². The molecule has 2 unspecified atom stereocenters. The van der Waals surface area contributed by atoms with E-state index in [-0.39, 0.29) is 18.1 Å². The van der Waals surface area contributed by atoms with E-state index in [1.54, 1.807) is 47.5 Å². The molecule has 2 heterocycles. The Morgan fingerprint density at radius 3 is 2.81 bits per heavy atom. The molecule has 1 aromatic heterocycles. The van der Waals surface area contributed by atoms with Gasteiger partial charge in [0.15, 0.2) is 0 Å². The number of aromatic hydroxyl groups is 1. The van der Waals surface area contributed by atoms with Crippen molar-refractivity contribution in [1.29, 1.82) is 0 Å². The highest BCUT2D eigenvalue weighted by atomic mass is 35.5. The van der Waals surface area contributed by atoms with Gasteiger partial charge >= 0.3 is 5.97 Å². The van der Waals surface area contributed by atoms with E-state index in [4.69, 9.17) is 11.6 Å². The first kappa shape index (κ1) is 21.3. The molecule has 3 aromatic rings. The van der Waals surface area contributed by atoms with Crippen molar-refractivity contribution in [2.45, 2.75) is 17.0 Å². The van der Waals surface area contributed by atoms with Crippen molar-refractivity contribution in [1.82, 2.24) is 9.88 Å². The number of phenolic OH excluding ortho intramolecular Hbond substituents is 1. The van der Waals surface area contributed by atoms with Gasteiger partial charge < -0.3 is 20.4 Å². The van der Waals surface area contributed by atoms with E-state index in [1.165, 1.54) is 11.8 Å². The number of nitrogens with zero attached hydrogens (tertiary/aromatic N) is 2. The molecule has 1 aliphatic heterocycles. The molecule has 31 heavy (non-hydrogen) atoms. The van der Waals surface area contributed by atoms with Gasteiger partial charge in [0.25, 0.3) is 0 Å². The van der Waals surface area contributed by atoms with Crippen LogP contribution >= 0.6 is 23.4 Å². The van der Waals surface area contributed by atoms with Gasteiger partial charge in [0.1, 0.15) is 11.1 Å². The fourth-order valence-electron chi connectivity index (χ4n) is 3.63. The highest BCUT2D eigenvalue weighted by molar-refractivity contribution is 8.01. The van der Waals surface area contributed by atoms with Crippen molar-refractivity contribution in [3.05, 3.63) is 65.3 Å². The van der Waals surface area contributed by atoms with Crippen LogP contribution in [0.15, 0.2) is 54.7 Å². The Bertz CT molecular complexity index is 1140. The number of fused-ring (bicyclic) bond motifs is 1. The van der Waals surface area contributed by atoms with Crippen LogP contribution in [0.5, 0.6) is 5.75 Å². The number of aliphatic carboxylic acids is 1. The zero-order valence-corrected chi connectivity index (χ0v) is 17.9. The highest BCUT2D eigenvalue weighted by Gasteiger charge is 2.42. The largest absolute Gasteiger partial charge is 0.508 e. The maximum Gasteiger partial charge on any atom is 0.305 e. The Balaban J connectivity index is 1.53. The van der Waals surface area contributed by atoms with Crippen LogP contribution in [0.1, 0.15) is 17.4 Å². The summed E-state index contributed by atoms with van der Waals surface area (Å²) in [5, 5.41) is 23.2. The van der Waals surface area contributed by atoms with Crippen LogP contribution < -0.4 is 5.32 Å². The summed E-state index contributed by atoms with van der Waals surface area (Å²) in [6, 6.07) is 14.1. The third kappa shape index (κ3) is 4.55. The zero-order chi connectivity index (χ0) is 22.0. The van der Waals surface area contributed by atoms with Crippen LogP contribution in [0, 0.1) is 0 Å². The second kappa shape index (κ2) is 9.03. The van der Waals surface area contributed by atoms with Crippen molar-refractivity contribution in [2.75, 3.05) is 18.4 Å². The number of thioether (sulfide) groups is 1. The Hall–Kier alpha value is -2.97. The minimum atomic E-state index is -1.02. The molecule has 1 fully saturated rings. The molecule has 3 N–H and O–H groups in total. The first-order chi connectivity index (χ1) is 14.9. The molecule has 1 aliphatic rings. The van der Waals surface area contributed by atoms with Crippen molar-refractivity contribution in [3.63, 3.8) is 0 Å². The number of carboxylic acids is 1. The summed E-state index contributed by atoms with van der Waals surface area (Å²) < 4.78 is 0. The lowest BCUT2D eigenvalue weighted by atomic mass is 10.1. The van der Waals surface area contributed by atoms with Crippen LogP contribution in [-0.4, -0.2) is 50.3 Å². The number of carbonyl (C=O) groups is 2. The monoisotopic (exact) mass is 457 g/mol. The SMILES string of the molecule is O=C(O)CC1SC(c2ccccc2O)N(CCNc2ccnc3cc(Cl)ccc23)C1=O. The Kier molecular flexibility index (Phi) is 6.20. The number of rotatable bonds is 7. The molecule has 7 nitrogen and oxygen atoms in total. The van der Waals surface area contributed by atoms with Gasteiger partial charge in [-0.1, -0.05) is 29.8 Å². The third-order valence-electron chi connectivity index (χ3n) is 5.07. The van der Waals surface area contributed by atoms with Gasteiger partial charge in [0.05, 0.1) is 17.2 Å².